The second-order valence-electron chi connectivity index (χ2n) is 8.20. The molecule has 0 aliphatic carbocycles. The summed E-state index contributed by atoms with van der Waals surface area (Å²) in [6, 6.07) is 10.2. The standard InChI is InChI=1S/C27H23BrN2O6S/c1-4-10-34-19-8-6-16(11-18(19)28)12-22-25(31)30-24(17-7-9-20-21(13-17)36-14-35-20)23(26(32)33-5-2)15(3)29-27(30)37-22/h4,6-9,11-13,24H,1,5,10,14H2,2-3H3/b22-12-. The minimum absolute atomic E-state index is 0.119. The molecule has 5 rings (SSSR count). The van der Waals surface area contributed by atoms with Crippen LogP contribution in [0.5, 0.6) is 17.2 Å². The third kappa shape index (κ3) is 4.74. The first-order chi connectivity index (χ1) is 17.9. The summed E-state index contributed by atoms with van der Waals surface area (Å²) < 4.78 is 24.8. The second kappa shape index (κ2) is 10.4. The maximum absolute atomic E-state index is 13.8. The van der Waals surface area contributed by atoms with Gasteiger partial charge >= 0.3 is 5.97 Å². The molecule has 0 amide bonds. The molecule has 2 aliphatic rings. The predicted octanol–water partition coefficient (Wildman–Crippen LogP) is 3.85. The molecule has 37 heavy (non-hydrogen) atoms. The van der Waals surface area contributed by atoms with Crippen molar-refractivity contribution in [1.29, 1.82) is 0 Å². The van der Waals surface area contributed by atoms with E-state index in [1.165, 1.54) is 11.3 Å². The van der Waals surface area contributed by atoms with Crippen LogP contribution in [0.4, 0.5) is 0 Å². The van der Waals surface area contributed by atoms with Crippen molar-refractivity contribution in [2.45, 2.75) is 19.9 Å². The maximum Gasteiger partial charge on any atom is 0.338 e. The van der Waals surface area contributed by atoms with Gasteiger partial charge in [-0.05, 0) is 71.2 Å². The molecule has 0 N–H and O–H groups in total. The molecule has 0 saturated carbocycles. The Morgan fingerprint density at radius 3 is 2.84 bits per heavy atom. The highest BCUT2D eigenvalue weighted by Gasteiger charge is 2.34. The number of aromatic nitrogens is 1. The Morgan fingerprint density at radius 1 is 1.27 bits per heavy atom. The number of ether oxygens (including phenoxy) is 4. The van der Waals surface area contributed by atoms with Gasteiger partial charge in [0, 0.05) is 0 Å². The largest absolute Gasteiger partial charge is 0.488 e. The van der Waals surface area contributed by atoms with Gasteiger partial charge in [0.2, 0.25) is 6.79 Å². The molecule has 10 heteroatoms. The van der Waals surface area contributed by atoms with E-state index in [0.29, 0.717) is 50.0 Å². The molecule has 2 aliphatic heterocycles. The Hall–Kier alpha value is -3.63. The average molecular weight is 583 g/mol. The Kier molecular flexibility index (Phi) is 7.03. The van der Waals surface area contributed by atoms with Gasteiger partial charge in [-0.15, -0.1) is 0 Å². The zero-order valence-corrected chi connectivity index (χ0v) is 22.6. The average Bonchev–Trinajstić information content (AvgIpc) is 3.46. The number of allylic oxidation sites excluding steroid dienone is 1. The summed E-state index contributed by atoms with van der Waals surface area (Å²) in [5.41, 5.74) is 2.06. The van der Waals surface area contributed by atoms with Gasteiger partial charge in [0.05, 0.1) is 32.9 Å². The lowest BCUT2D eigenvalue weighted by molar-refractivity contribution is -0.139. The van der Waals surface area contributed by atoms with Crippen molar-refractivity contribution in [1.82, 2.24) is 4.57 Å². The number of hydrogen-bond acceptors (Lipinski definition) is 8. The highest BCUT2D eigenvalue weighted by atomic mass is 79.9. The summed E-state index contributed by atoms with van der Waals surface area (Å²) in [4.78, 5) is 31.9. The molecule has 0 saturated heterocycles. The molecule has 1 unspecified atom stereocenters. The van der Waals surface area contributed by atoms with Crippen molar-refractivity contribution in [3.05, 3.63) is 95.6 Å². The smallest absolute Gasteiger partial charge is 0.338 e. The van der Waals surface area contributed by atoms with E-state index in [-0.39, 0.29) is 19.0 Å². The number of nitrogens with zero attached hydrogens (tertiary/aromatic N) is 2. The van der Waals surface area contributed by atoms with Crippen LogP contribution in [0.2, 0.25) is 0 Å². The van der Waals surface area contributed by atoms with Crippen molar-refractivity contribution in [2.75, 3.05) is 20.0 Å². The summed E-state index contributed by atoms with van der Waals surface area (Å²) in [6.45, 7) is 7.86. The molecule has 8 nitrogen and oxygen atoms in total. The molecule has 0 bridgehead atoms. The summed E-state index contributed by atoms with van der Waals surface area (Å²) in [7, 11) is 0. The second-order valence-corrected chi connectivity index (χ2v) is 10.1. The van der Waals surface area contributed by atoms with Crippen LogP contribution in [0.25, 0.3) is 6.08 Å². The summed E-state index contributed by atoms with van der Waals surface area (Å²) in [6.07, 6.45) is 3.47. The number of esters is 1. The molecule has 1 aromatic heterocycles. The number of benzene rings is 2. The van der Waals surface area contributed by atoms with Gasteiger partial charge in [0.25, 0.3) is 5.56 Å². The molecule has 0 fully saturated rings. The van der Waals surface area contributed by atoms with Crippen molar-refractivity contribution in [3.63, 3.8) is 0 Å². The molecular formula is C27H23BrN2O6S. The van der Waals surface area contributed by atoms with Gasteiger partial charge < -0.3 is 18.9 Å². The zero-order valence-electron chi connectivity index (χ0n) is 20.2. The normalized spacial score (nSPS) is 16.3. The fourth-order valence-electron chi connectivity index (χ4n) is 4.21. The molecule has 3 aromatic rings. The monoisotopic (exact) mass is 582 g/mol. The van der Waals surface area contributed by atoms with Crippen molar-refractivity contribution in [3.8, 4) is 17.2 Å². The third-order valence-corrected chi connectivity index (χ3v) is 7.44. The first kappa shape index (κ1) is 25.0. The molecule has 3 heterocycles. The number of fused-ring (bicyclic) bond motifs is 2. The minimum Gasteiger partial charge on any atom is -0.488 e. The summed E-state index contributed by atoms with van der Waals surface area (Å²) in [5.74, 6) is 1.33. The van der Waals surface area contributed by atoms with Crippen LogP contribution >= 0.6 is 27.3 Å². The molecule has 2 aromatic carbocycles. The van der Waals surface area contributed by atoms with E-state index in [9.17, 15) is 9.59 Å². The van der Waals surface area contributed by atoms with Crippen LogP contribution in [-0.2, 0) is 9.53 Å². The van der Waals surface area contributed by atoms with E-state index < -0.39 is 12.0 Å². The first-order valence-electron chi connectivity index (χ1n) is 11.5. The van der Waals surface area contributed by atoms with E-state index in [1.807, 2.05) is 24.3 Å². The predicted molar refractivity (Wildman–Crippen MR) is 143 cm³/mol. The lowest BCUT2D eigenvalue weighted by Crippen LogP contribution is -2.39. The van der Waals surface area contributed by atoms with Gasteiger partial charge in [-0.25, -0.2) is 9.79 Å². The number of thiazole rings is 1. The van der Waals surface area contributed by atoms with E-state index in [4.69, 9.17) is 18.9 Å². The molecular weight excluding hydrogens is 560 g/mol. The van der Waals surface area contributed by atoms with E-state index >= 15 is 0 Å². The number of carbonyl (C=O) groups is 1. The molecule has 0 spiro atoms. The van der Waals surface area contributed by atoms with Gasteiger partial charge in [0.15, 0.2) is 16.3 Å². The highest BCUT2D eigenvalue weighted by Crippen LogP contribution is 2.38. The van der Waals surface area contributed by atoms with E-state index in [1.54, 1.807) is 42.7 Å². The molecule has 0 radical (unpaired) electrons. The number of hydrogen-bond donors (Lipinski definition) is 0. The number of halogens is 1. The summed E-state index contributed by atoms with van der Waals surface area (Å²) >= 11 is 4.78. The fourth-order valence-corrected chi connectivity index (χ4v) is 5.77. The van der Waals surface area contributed by atoms with E-state index in [2.05, 4.69) is 27.5 Å². The van der Waals surface area contributed by atoms with Crippen LogP contribution in [0, 0.1) is 0 Å². The van der Waals surface area contributed by atoms with Crippen LogP contribution in [0.1, 0.15) is 31.0 Å². The van der Waals surface area contributed by atoms with Gasteiger partial charge in [-0.1, -0.05) is 36.1 Å². The van der Waals surface area contributed by atoms with Crippen LogP contribution < -0.4 is 29.1 Å². The van der Waals surface area contributed by atoms with Crippen LogP contribution in [-0.4, -0.2) is 30.5 Å². The Balaban J connectivity index is 1.65. The Bertz CT molecular complexity index is 1620. The topological polar surface area (TPSA) is 88.3 Å². The fraction of sp³-hybridized carbons (Fsp3) is 0.222. The lowest BCUT2D eigenvalue weighted by atomic mass is 9.95. The maximum atomic E-state index is 13.8. The molecule has 1 atom stereocenters. The quantitative estimate of drug-likeness (QED) is 0.310. The Labute approximate surface area is 224 Å². The zero-order chi connectivity index (χ0) is 26.1. The van der Waals surface area contributed by atoms with Gasteiger partial charge in [-0.3, -0.25) is 9.36 Å². The van der Waals surface area contributed by atoms with Crippen molar-refractivity contribution >= 4 is 39.3 Å². The van der Waals surface area contributed by atoms with Gasteiger partial charge in [-0.2, -0.15) is 0 Å². The van der Waals surface area contributed by atoms with Crippen molar-refractivity contribution < 1.29 is 23.7 Å². The van der Waals surface area contributed by atoms with Crippen LogP contribution in [0.3, 0.4) is 0 Å². The third-order valence-electron chi connectivity index (χ3n) is 5.84. The molecule has 190 valence electrons. The summed E-state index contributed by atoms with van der Waals surface area (Å²) in [5, 5.41) is 0. The van der Waals surface area contributed by atoms with Gasteiger partial charge in [0.1, 0.15) is 12.4 Å². The SMILES string of the molecule is C=CCOc1ccc(/C=c2\sc3n(c2=O)C(c2ccc4c(c2)OCO4)C(C(=O)OCC)=C(C)N=3)cc1Br. The van der Waals surface area contributed by atoms with Crippen LogP contribution in [0.15, 0.2) is 74.6 Å². The minimum atomic E-state index is -0.728. The van der Waals surface area contributed by atoms with E-state index in [0.717, 1.165) is 10.0 Å². The lowest BCUT2D eigenvalue weighted by Gasteiger charge is -2.24. The number of carbonyl (C=O) groups excluding carboxylic acids is 1. The Morgan fingerprint density at radius 2 is 2.08 bits per heavy atom. The first-order valence-corrected chi connectivity index (χ1v) is 13.1. The number of rotatable bonds is 7. The van der Waals surface area contributed by atoms with Crippen molar-refractivity contribution in [2.24, 2.45) is 4.99 Å². The highest BCUT2D eigenvalue weighted by molar-refractivity contribution is 9.10.